The highest BCUT2D eigenvalue weighted by Crippen LogP contribution is 2.36. The van der Waals surface area contributed by atoms with Crippen LogP contribution in [0.5, 0.6) is 11.6 Å². The van der Waals surface area contributed by atoms with Crippen molar-refractivity contribution in [2.75, 3.05) is 13.7 Å². The Bertz CT molecular complexity index is 1090. The summed E-state index contributed by atoms with van der Waals surface area (Å²) in [6.45, 7) is 3.81. The first-order chi connectivity index (χ1) is 14.1. The Morgan fingerprint density at radius 1 is 1.31 bits per heavy atom. The standard InChI is InChI=1S/C21H19IN2O4S/c1-4-8-16-18(22)17-19(23-12-24-20(17)29-16)28-15(21(25)27-5-2)11-13-9-6-7-10-14(13)26-3/h6-7,9-10,12,15H,5,11H2,1-3H3/t15-/m1/s1. The van der Waals surface area contributed by atoms with Crippen LogP contribution in [-0.4, -0.2) is 35.8 Å². The number of esters is 1. The zero-order valence-corrected chi connectivity index (χ0v) is 19.2. The van der Waals surface area contributed by atoms with Crippen LogP contribution >= 0.6 is 33.9 Å². The highest BCUT2D eigenvalue weighted by Gasteiger charge is 2.26. The predicted molar refractivity (Wildman–Crippen MR) is 120 cm³/mol. The minimum absolute atomic E-state index is 0.260. The largest absolute Gasteiger partial charge is 0.496 e. The van der Waals surface area contributed by atoms with Gasteiger partial charge in [-0.3, -0.25) is 0 Å². The van der Waals surface area contributed by atoms with Gasteiger partial charge >= 0.3 is 5.97 Å². The van der Waals surface area contributed by atoms with E-state index in [4.69, 9.17) is 14.2 Å². The van der Waals surface area contributed by atoms with E-state index in [1.54, 1.807) is 21.0 Å². The first kappa shape index (κ1) is 21.3. The average Bonchev–Trinajstić information content (AvgIpc) is 3.05. The minimum atomic E-state index is -0.874. The van der Waals surface area contributed by atoms with Gasteiger partial charge in [-0.05, 0) is 48.1 Å². The number of benzene rings is 1. The molecule has 2 heterocycles. The maximum atomic E-state index is 12.6. The molecule has 0 unspecified atom stereocenters. The molecule has 0 radical (unpaired) electrons. The number of carbonyl (C=O) groups excluding carboxylic acids is 1. The van der Waals surface area contributed by atoms with Crippen molar-refractivity contribution in [2.45, 2.75) is 26.4 Å². The van der Waals surface area contributed by atoms with E-state index in [1.165, 1.54) is 17.7 Å². The Morgan fingerprint density at radius 2 is 2.10 bits per heavy atom. The summed E-state index contributed by atoms with van der Waals surface area (Å²) in [5.74, 6) is 6.55. The van der Waals surface area contributed by atoms with Crippen LogP contribution in [0.15, 0.2) is 30.6 Å². The Balaban J connectivity index is 1.99. The Hall–Kier alpha value is -2.38. The molecule has 8 heteroatoms. The fourth-order valence-electron chi connectivity index (χ4n) is 2.77. The zero-order chi connectivity index (χ0) is 20.8. The summed E-state index contributed by atoms with van der Waals surface area (Å²) in [6.07, 6.45) is 0.843. The third kappa shape index (κ3) is 4.79. The molecule has 1 atom stereocenters. The van der Waals surface area contributed by atoms with E-state index < -0.39 is 12.1 Å². The molecule has 0 amide bonds. The van der Waals surface area contributed by atoms with Crippen molar-refractivity contribution in [1.82, 2.24) is 9.97 Å². The first-order valence-corrected chi connectivity index (χ1v) is 10.8. The van der Waals surface area contributed by atoms with Gasteiger partial charge in [0, 0.05) is 6.42 Å². The number of aromatic nitrogens is 2. The monoisotopic (exact) mass is 522 g/mol. The van der Waals surface area contributed by atoms with E-state index in [1.807, 2.05) is 24.3 Å². The lowest BCUT2D eigenvalue weighted by atomic mass is 10.1. The van der Waals surface area contributed by atoms with E-state index in [0.717, 1.165) is 24.2 Å². The molecule has 1 aromatic carbocycles. The molecule has 3 rings (SSSR count). The molecule has 6 nitrogen and oxygen atoms in total. The van der Waals surface area contributed by atoms with Crippen LogP contribution in [0.2, 0.25) is 0 Å². The minimum Gasteiger partial charge on any atom is -0.496 e. The summed E-state index contributed by atoms with van der Waals surface area (Å²) in [5, 5.41) is 0.755. The van der Waals surface area contributed by atoms with Crippen LogP contribution in [0.25, 0.3) is 10.2 Å². The van der Waals surface area contributed by atoms with Gasteiger partial charge in [-0.25, -0.2) is 14.8 Å². The lowest BCUT2D eigenvalue weighted by Gasteiger charge is -2.18. The van der Waals surface area contributed by atoms with Crippen molar-refractivity contribution >= 4 is 50.1 Å². The summed E-state index contributed by atoms with van der Waals surface area (Å²) in [7, 11) is 1.59. The molecule has 3 aromatic rings. The van der Waals surface area contributed by atoms with Gasteiger partial charge in [0.25, 0.3) is 0 Å². The van der Waals surface area contributed by atoms with Crippen molar-refractivity contribution in [3.05, 3.63) is 44.6 Å². The molecule has 0 N–H and O–H groups in total. The second kappa shape index (κ2) is 9.89. The predicted octanol–water partition coefficient (Wildman–Crippen LogP) is 4.23. The van der Waals surface area contributed by atoms with Gasteiger partial charge < -0.3 is 14.2 Å². The van der Waals surface area contributed by atoms with E-state index in [2.05, 4.69) is 44.4 Å². The lowest BCUT2D eigenvalue weighted by Crippen LogP contribution is -2.32. The summed E-state index contributed by atoms with van der Waals surface area (Å²) >= 11 is 3.68. The van der Waals surface area contributed by atoms with Crippen molar-refractivity contribution in [3.63, 3.8) is 0 Å². The maximum Gasteiger partial charge on any atom is 0.347 e. The Labute approximate surface area is 186 Å². The van der Waals surface area contributed by atoms with E-state index in [0.29, 0.717) is 11.6 Å². The van der Waals surface area contributed by atoms with Crippen LogP contribution in [0, 0.1) is 15.4 Å². The highest BCUT2D eigenvalue weighted by atomic mass is 127. The van der Waals surface area contributed by atoms with Crippen LogP contribution in [0.4, 0.5) is 0 Å². The first-order valence-electron chi connectivity index (χ1n) is 8.89. The molecule has 0 aliphatic heterocycles. The second-order valence-electron chi connectivity index (χ2n) is 5.85. The summed E-state index contributed by atoms with van der Waals surface area (Å²) in [4.78, 5) is 22.9. The zero-order valence-electron chi connectivity index (χ0n) is 16.2. The van der Waals surface area contributed by atoms with Crippen LogP contribution in [-0.2, 0) is 16.0 Å². The number of thiophene rings is 1. The van der Waals surface area contributed by atoms with Crippen molar-refractivity contribution < 1.29 is 19.0 Å². The summed E-state index contributed by atoms with van der Waals surface area (Å²) in [5.41, 5.74) is 0.843. The number of para-hydroxylation sites is 1. The number of hydrogen-bond acceptors (Lipinski definition) is 7. The SMILES string of the molecule is CC#Cc1sc2ncnc(O[C@H](Cc3ccccc3OC)C(=O)OCC)c2c1I. The highest BCUT2D eigenvalue weighted by molar-refractivity contribution is 14.1. The van der Waals surface area contributed by atoms with Gasteiger partial charge in [-0.15, -0.1) is 17.3 Å². The molecule has 0 aliphatic carbocycles. The third-order valence-electron chi connectivity index (χ3n) is 4.04. The quantitative estimate of drug-likeness (QED) is 0.263. The van der Waals surface area contributed by atoms with Crippen molar-refractivity contribution in [2.24, 2.45) is 0 Å². The number of carbonyl (C=O) groups is 1. The molecule has 2 aromatic heterocycles. The Morgan fingerprint density at radius 3 is 2.83 bits per heavy atom. The van der Waals surface area contributed by atoms with Gasteiger partial charge in [0.05, 0.1) is 27.6 Å². The molecule has 150 valence electrons. The summed E-state index contributed by atoms with van der Waals surface area (Å²) in [6, 6.07) is 7.51. The Kier molecular flexibility index (Phi) is 7.28. The number of methoxy groups -OCH3 is 1. The maximum absolute atomic E-state index is 12.6. The normalized spacial score (nSPS) is 11.4. The van der Waals surface area contributed by atoms with Crippen LogP contribution in [0.3, 0.4) is 0 Å². The van der Waals surface area contributed by atoms with Gasteiger partial charge in [0.2, 0.25) is 12.0 Å². The third-order valence-corrected chi connectivity index (χ3v) is 6.49. The van der Waals surface area contributed by atoms with E-state index in [-0.39, 0.29) is 13.0 Å². The molecular formula is C21H19IN2O4S. The van der Waals surface area contributed by atoms with Crippen molar-refractivity contribution in [3.8, 4) is 23.5 Å². The molecular weight excluding hydrogens is 503 g/mol. The molecule has 0 bridgehead atoms. The number of nitrogens with zero attached hydrogens (tertiary/aromatic N) is 2. The summed E-state index contributed by atoms with van der Waals surface area (Å²) < 4.78 is 17.6. The van der Waals surface area contributed by atoms with Crippen LogP contribution < -0.4 is 9.47 Å². The fourth-order valence-corrected chi connectivity index (χ4v) is 4.84. The molecule has 0 spiro atoms. The number of hydrogen-bond donors (Lipinski definition) is 0. The number of rotatable bonds is 7. The smallest absolute Gasteiger partial charge is 0.347 e. The number of ether oxygens (including phenoxy) is 3. The second-order valence-corrected chi connectivity index (χ2v) is 7.93. The lowest BCUT2D eigenvalue weighted by molar-refractivity contribution is -0.151. The topological polar surface area (TPSA) is 70.5 Å². The van der Waals surface area contributed by atoms with E-state index in [9.17, 15) is 4.79 Å². The average molecular weight is 522 g/mol. The van der Waals surface area contributed by atoms with Gasteiger partial charge in [0.15, 0.2) is 0 Å². The van der Waals surface area contributed by atoms with E-state index >= 15 is 0 Å². The number of fused-ring (bicyclic) bond motifs is 1. The molecule has 29 heavy (non-hydrogen) atoms. The van der Waals surface area contributed by atoms with Gasteiger partial charge in [0.1, 0.15) is 16.9 Å². The molecule has 0 aliphatic rings. The van der Waals surface area contributed by atoms with Crippen LogP contribution in [0.1, 0.15) is 24.3 Å². The van der Waals surface area contributed by atoms with Gasteiger partial charge in [-0.1, -0.05) is 24.1 Å². The molecule has 0 saturated carbocycles. The molecule has 0 fully saturated rings. The molecule has 0 saturated heterocycles. The van der Waals surface area contributed by atoms with Crippen molar-refractivity contribution in [1.29, 1.82) is 0 Å². The number of halogens is 1. The fraction of sp³-hybridized carbons (Fsp3) is 0.286. The van der Waals surface area contributed by atoms with Gasteiger partial charge in [-0.2, -0.15) is 0 Å².